The van der Waals surface area contributed by atoms with Crippen molar-refractivity contribution < 1.29 is 9.53 Å². The molecule has 140 valence electrons. The first kappa shape index (κ1) is 17.7. The predicted molar refractivity (Wildman–Crippen MR) is 104 cm³/mol. The van der Waals surface area contributed by atoms with E-state index in [0.29, 0.717) is 18.9 Å². The zero-order valence-corrected chi connectivity index (χ0v) is 16.2. The third-order valence-corrected chi connectivity index (χ3v) is 4.48. The Labute approximate surface area is 162 Å². The van der Waals surface area contributed by atoms with Gasteiger partial charge < -0.3 is 10.1 Å². The molecule has 1 aromatic heterocycles. The van der Waals surface area contributed by atoms with Crippen molar-refractivity contribution in [2.45, 2.75) is 46.0 Å². The predicted octanol–water partition coefficient (Wildman–Crippen LogP) is 4.06. The molecule has 4 rings (SSSR count). The van der Waals surface area contributed by atoms with Gasteiger partial charge in [0.25, 0.3) is 0 Å². The Morgan fingerprint density at radius 1 is 1.26 bits per heavy atom. The molecule has 0 unspecified atom stereocenters. The van der Waals surface area contributed by atoms with Crippen LogP contribution in [0.15, 0.2) is 23.2 Å². The lowest BCUT2D eigenvalue weighted by Crippen LogP contribution is -2.33. The van der Waals surface area contributed by atoms with Gasteiger partial charge in [0.15, 0.2) is 0 Å². The number of aliphatic imine (C=N–C) groups is 1. The minimum absolute atomic E-state index is 0.144. The number of nitrogens with zero attached hydrogens (tertiary/aromatic N) is 4. The van der Waals surface area contributed by atoms with Crippen molar-refractivity contribution in [2.75, 3.05) is 5.32 Å². The van der Waals surface area contributed by atoms with Gasteiger partial charge in [0, 0.05) is 17.5 Å². The van der Waals surface area contributed by atoms with Gasteiger partial charge in [-0.3, -0.25) is 9.89 Å². The SMILES string of the molecule is CC(C)(C)OC(=O)N1Cc2nc(Cl)nc(Nc3ccc4c(c3)C=NC4)c2C1. The lowest BCUT2D eigenvalue weighted by Gasteiger charge is -2.24. The van der Waals surface area contributed by atoms with Crippen LogP contribution >= 0.6 is 11.6 Å². The summed E-state index contributed by atoms with van der Waals surface area (Å²) < 4.78 is 5.46. The van der Waals surface area contributed by atoms with Crippen LogP contribution in [0.1, 0.15) is 43.2 Å². The number of benzene rings is 1. The molecule has 8 heteroatoms. The molecule has 0 fully saturated rings. The fourth-order valence-electron chi connectivity index (χ4n) is 3.10. The van der Waals surface area contributed by atoms with Gasteiger partial charge >= 0.3 is 6.09 Å². The van der Waals surface area contributed by atoms with E-state index < -0.39 is 5.60 Å². The van der Waals surface area contributed by atoms with Crippen LogP contribution < -0.4 is 5.32 Å². The first-order valence-corrected chi connectivity index (χ1v) is 9.09. The summed E-state index contributed by atoms with van der Waals surface area (Å²) in [6.45, 7) is 6.96. The van der Waals surface area contributed by atoms with Crippen LogP contribution in [-0.4, -0.2) is 32.8 Å². The van der Waals surface area contributed by atoms with E-state index in [4.69, 9.17) is 16.3 Å². The standard InChI is InChI=1S/C19H20ClN5O2/c1-19(2,3)27-18(26)25-9-14-15(10-25)23-17(20)24-16(14)22-13-5-4-11-7-21-8-12(11)6-13/h4-6,8H,7,9-10H2,1-3H3,(H,22,23,24). The number of anilines is 2. The van der Waals surface area contributed by atoms with Gasteiger partial charge in [-0.15, -0.1) is 0 Å². The Morgan fingerprint density at radius 3 is 2.85 bits per heavy atom. The molecule has 0 saturated heterocycles. The molecule has 0 aliphatic carbocycles. The van der Waals surface area contributed by atoms with Gasteiger partial charge in [0.05, 0.1) is 25.3 Å². The second kappa shape index (κ2) is 6.49. The molecule has 1 aromatic carbocycles. The van der Waals surface area contributed by atoms with Crippen molar-refractivity contribution in [1.29, 1.82) is 0 Å². The molecule has 0 saturated carbocycles. The molecule has 0 atom stereocenters. The molecule has 3 heterocycles. The Morgan fingerprint density at radius 2 is 2.07 bits per heavy atom. The molecular formula is C19H20ClN5O2. The zero-order valence-electron chi connectivity index (χ0n) is 15.4. The minimum atomic E-state index is -0.553. The van der Waals surface area contributed by atoms with Crippen LogP contribution in [0.4, 0.5) is 16.3 Å². The van der Waals surface area contributed by atoms with E-state index in [1.54, 1.807) is 4.90 Å². The van der Waals surface area contributed by atoms with Crippen molar-refractivity contribution in [3.63, 3.8) is 0 Å². The molecule has 7 nitrogen and oxygen atoms in total. The number of amides is 1. The van der Waals surface area contributed by atoms with E-state index in [1.165, 1.54) is 5.56 Å². The molecular weight excluding hydrogens is 366 g/mol. The van der Waals surface area contributed by atoms with Crippen LogP contribution in [-0.2, 0) is 24.4 Å². The summed E-state index contributed by atoms with van der Waals surface area (Å²) >= 11 is 6.10. The number of nitrogens with one attached hydrogen (secondary N) is 1. The summed E-state index contributed by atoms with van der Waals surface area (Å²) in [6.07, 6.45) is 1.48. The maximum absolute atomic E-state index is 12.4. The van der Waals surface area contributed by atoms with Gasteiger partial charge in [0.1, 0.15) is 11.4 Å². The monoisotopic (exact) mass is 385 g/mol. The molecule has 27 heavy (non-hydrogen) atoms. The highest BCUT2D eigenvalue weighted by Gasteiger charge is 2.31. The number of rotatable bonds is 2. The first-order chi connectivity index (χ1) is 12.8. The molecule has 0 radical (unpaired) electrons. The van der Waals surface area contributed by atoms with Crippen molar-refractivity contribution in [2.24, 2.45) is 4.99 Å². The number of carbonyl (C=O) groups is 1. The van der Waals surface area contributed by atoms with Crippen LogP contribution in [0.5, 0.6) is 0 Å². The number of halogens is 1. The van der Waals surface area contributed by atoms with E-state index in [-0.39, 0.29) is 11.4 Å². The van der Waals surface area contributed by atoms with Gasteiger partial charge in [-0.25, -0.2) is 14.8 Å². The number of hydrogen-bond acceptors (Lipinski definition) is 6. The normalized spacial score (nSPS) is 14.9. The molecule has 0 bridgehead atoms. The molecule has 0 spiro atoms. The molecule has 1 N–H and O–H groups in total. The average molecular weight is 386 g/mol. The largest absolute Gasteiger partial charge is 0.444 e. The van der Waals surface area contributed by atoms with Crippen molar-refractivity contribution in [3.8, 4) is 0 Å². The van der Waals surface area contributed by atoms with Gasteiger partial charge in [-0.1, -0.05) is 6.07 Å². The van der Waals surface area contributed by atoms with Gasteiger partial charge in [0.2, 0.25) is 5.28 Å². The summed E-state index contributed by atoms with van der Waals surface area (Å²) in [5.41, 5.74) is 4.19. The Balaban J connectivity index is 1.58. The highest BCUT2D eigenvalue weighted by atomic mass is 35.5. The number of ether oxygens (including phenoxy) is 1. The van der Waals surface area contributed by atoms with Crippen LogP contribution in [0.3, 0.4) is 0 Å². The van der Waals surface area contributed by atoms with Crippen LogP contribution in [0, 0.1) is 0 Å². The fourth-order valence-corrected chi connectivity index (χ4v) is 3.29. The second-order valence-electron chi connectivity index (χ2n) is 7.61. The summed E-state index contributed by atoms with van der Waals surface area (Å²) in [7, 11) is 0. The zero-order chi connectivity index (χ0) is 19.2. The number of aromatic nitrogens is 2. The molecule has 2 aromatic rings. The summed E-state index contributed by atoms with van der Waals surface area (Å²) in [6, 6.07) is 6.05. The number of hydrogen-bond donors (Lipinski definition) is 1. The van der Waals surface area contributed by atoms with Crippen molar-refractivity contribution in [3.05, 3.63) is 45.9 Å². The second-order valence-corrected chi connectivity index (χ2v) is 7.95. The average Bonchev–Trinajstić information content (AvgIpc) is 3.19. The lowest BCUT2D eigenvalue weighted by atomic mass is 10.1. The number of carbonyl (C=O) groups excluding carboxylic acids is 1. The molecule has 1 amide bonds. The fraction of sp³-hybridized carbons (Fsp3) is 0.368. The van der Waals surface area contributed by atoms with Crippen molar-refractivity contribution >= 4 is 35.4 Å². The van der Waals surface area contributed by atoms with E-state index >= 15 is 0 Å². The van der Waals surface area contributed by atoms with E-state index in [0.717, 1.165) is 29.1 Å². The van der Waals surface area contributed by atoms with E-state index in [2.05, 4.69) is 20.3 Å². The minimum Gasteiger partial charge on any atom is -0.444 e. The van der Waals surface area contributed by atoms with E-state index in [9.17, 15) is 4.79 Å². The van der Waals surface area contributed by atoms with Gasteiger partial charge in [-0.05, 0) is 55.6 Å². The topological polar surface area (TPSA) is 79.7 Å². The first-order valence-electron chi connectivity index (χ1n) is 8.71. The third-order valence-electron chi connectivity index (χ3n) is 4.31. The highest BCUT2D eigenvalue weighted by molar-refractivity contribution is 6.28. The molecule has 2 aliphatic heterocycles. The third kappa shape index (κ3) is 3.73. The quantitative estimate of drug-likeness (QED) is 0.788. The number of fused-ring (bicyclic) bond motifs is 2. The summed E-state index contributed by atoms with van der Waals surface area (Å²) in [5.74, 6) is 0.603. The molecule has 2 aliphatic rings. The summed E-state index contributed by atoms with van der Waals surface area (Å²) in [5, 5.41) is 3.45. The van der Waals surface area contributed by atoms with Crippen LogP contribution in [0.25, 0.3) is 0 Å². The summed E-state index contributed by atoms with van der Waals surface area (Å²) in [4.78, 5) is 26.9. The van der Waals surface area contributed by atoms with Crippen LogP contribution in [0.2, 0.25) is 5.28 Å². The maximum atomic E-state index is 12.4. The smallest absolute Gasteiger partial charge is 0.410 e. The lowest BCUT2D eigenvalue weighted by molar-refractivity contribution is 0.0241. The highest BCUT2D eigenvalue weighted by Crippen LogP contribution is 2.31. The van der Waals surface area contributed by atoms with Gasteiger partial charge in [-0.2, -0.15) is 0 Å². The Kier molecular flexibility index (Phi) is 4.26. The Bertz CT molecular complexity index is 952. The van der Waals surface area contributed by atoms with E-state index in [1.807, 2.05) is 45.2 Å². The maximum Gasteiger partial charge on any atom is 0.410 e. The Hall–Kier alpha value is -2.67. The van der Waals surface area contributed by atoms with Crippen molar-refractivity contribution in [1.82, 2.24) is 14.9 Å².